The van der Waals surface area contributed by atoms with Crippen LogP contribution in [-0.2, 0) is 20.7 Å². The molecule has 1 aliphatic carbocycles. The molecule has 2 aromatic rings. The fourth-order valence-corrected chi connectivity index (χ4v) is 5.99. The summed E-state index contributed by atoms with van der Waals surface area (Å²) in [6, 6.07) is 1.89. The summed E-state index contributed by atoms with van der Waals surface area (Å²) in [5.41, 5.74) is 1.88. The van der Waals surface area contributed by atoms with Gasteiger partial charge in [-0.3, -0.25) is 10.1 Å². The van der Waals surface area contributed by atoms with Crippen molar-refractivity contribution in [1.82, 2.24) is 15.2 Å². The molecular formula is C26H31F2N3O3. The molecule has 1 amide bonds. The first-order valence-corrected chi connectivity index (χ1v) is 12.3. The first-order chi connectivity index (χ1) is 16.5. The highest BCUT2D eigenvalue weighted by Crippen LogP contribution is 2.48. The minimum Gasteiger partial charge on any atom is -0.354 e. The van der Waals surface area contributed by atoms with Crippen molar-refractivity contribution in [2.45, 2.75) is 69.9 Å². The molecule has 2 fully saturated rings. The van der Waals surface area contributed by atoms with Crippen LogP contribution in [0.4, 0.5) is 8.78 Å². The molecular weight excluding hydrogens is 440 g/mol. The highest BCUT2D eigenvalue weighted by Gasteiger charge is 2.47. The lowest BCUT2D eigenvalue weighted by atomic mass is 9.76. The highest BCUT2D eigenvalue weighted by atomic mass is 19.1. The van der Waals surface area contributed by atoms with Gasteiger partial charge in [-0.25, -0.2) is 8.78 Å². The zero-order valence-corrected chi connectivity index (χ0v) is 19.5. The maximum absolute atomic E-state index is 14.7. The molecule has 34 heavy (non-hydrogen) atoms. The zero-order valence-electron chi connectivity index (χ0n) is 19.5. The van der Waals surface area contributed by atoms with Crippen LogP contribution < -0.4 is 5.32 Å². The Labute approximate surface area is 198 Å². The summed E-state index contributed by atoms with van der Waals surface area (Å²) in [5, 5.41) is 4.02. The van der Waals surface area contributed by atoms with E-state index in [0.717, 1.165) is 62.4 Å². The lowest BCUT2D eigenvalue weighted by molar-refractivity contribution is -0.186. The number of terminal acetylenes is 1. The topological polar surface area (TPSA) is 66.6 Å². The van der Waals surface area contributed by atoms with Gasteiger partial charge in [-0.05, 0) is 49.3 Å². The smallest absolute Gasteiger partial charge is 0.300 e. The molecule has 8 heteroatoms. The van der Waals surface area contributed by atoms with Crippen molar-refractivity contribution in [1.29, 1.82) is 0 Å². The van der Waals surface area contributed by atoms with E-state index in [2.05, 4.69) is 23.1 Å². The molecule has 0 unspecified atom stereocenters. The lowest BCUT2D eigenvalue weighted by Gasteiger charge is -2.47. The molecule has 0 radical (unpaired) electrons. The van der Waals surface area contributed by atoms with Gasteiger partial charge >= 0.3 is 0 Å². The summed E-state index contributed by atoms with van der Waals surface area (Å²) < 4.78 is 40.7. The van der Waals surface area contributed by atoms with E-state index in [1.807, 2.05) is 0 Å². The number of nitrogens with one attached hydrogen (secondary N) is 2. The molecule has 2 atom stereocenters. The predicted octanol–water partition coefficient (Wildman–Crippen LogP) is 4.15. The third-order valence-electron chi connectivity index (χ3n) is 7.61. The summed E-state index contributed by atoms with van der Waals surface area (Å²) in [6.45, 7) is 4.01. The highest BCUT2D eigenvalue weighted by molar-refractivity contribution is 5.94. The number of nitrogens with zero attached hydrogens (tertiary/aromatic N) is 1. The van der Waals surface area contributed by atoms with Gasteiger partial charge in [0.2, 0.25) is 0 Å². The number of amides is 1. The van der Waals surface area contributed by atoms with Gasteiger partial charge in [-0.2, -0.15) is 0 Å². The second kappa shape index (κ2) is 9.29. The number of aromatic amines is 1. The first kappa shape index (κ1) is 23.3. The van der Waals surface area contributed by atoms with Crippen molar-refractivity contribution in [2.24, 2.45) is 5.92 Å². The van der Waals surface area contributed by atoms with Crippen LogP contribution in [-0.4, -0.2) is 47.5 Å². The van der Waals surface area contributed by atoms with E-state index in [4.69, 9.17) is 15.9 Å². The SMILES string of the molecule is C#CC(=O)N1[C@@H](NCCCC)Cc2c([nH]c3c(F)cc(F)cc23)[C@@H]1C1CCC2(CC1)OCCO2. The summed E-state index contributed by atoms with van der Waals surface area (Å²) in [7, 11) is 0. The van der Waals surface area contributed by atoms with Crippen molar-refractivity contribution < 1.29 is 23.0 Å². The molecule has 1 saturated carbocycles. The Bertz CT molecular complexity index is 1110. The van der Waals surface area contributed by atoms with Crippen molar-refractivity contribution in [2.75, 3.05) is 19.8 Å². The standard InChI is InChI=1S/C26H31F2N3O3/c1-3-5-10-29-21-15-19-18-13-17(27)14-20(28)23(18)30-24(19)25(31(21)22(32)4-2)16-6-8-26(9-7-16)33-11-12-34-26/h2,13-14,16,21,25,29-30H,3,5-12,15H2,1H3/t21-,25+/m1/s1. The number of carbonyl (C=O) groups is 1. The van der Waals surface area contributed by atoms with Gasteiger partial charge in [0.25, 0.3) is 5.91 Å². The molecule has 2 aliphatic heterocycles. The van der Waals surface area contributed by atoms with Gasteiger partial charge in [0.1, 0.15) is 11.6 Å². The fraction of sp³-hybridized carbons (Fsp3) is 0.577. The van der Waals surface area contributed by atoms with Crippen molar-refractivity contribution >= 4 is 16.8 Å². The van der Waals surface area contributed by atoms with E-state index in [1.54, 1.807) is 4.90 Å². The monoisotopic (exact) mass is 471 g/mol. The number of carbonyl (C=O) groups excluding carboxylic acids is 1. The number of aromatic nitrogens is 1. The largest absolute Gasteiger partial charge is 0.354 e. The molecule has 5 rings (SSSR count). The van der Waals surface area contributed by atoms with E-state index in [9.17, 15) is 13.6 Å². The van der Waals surface area contributed by atoms with E-state index in [1.165, 1.54) is 6.07 Å². The predicted molar refractivity (Wildman–Crippen MR) is 124 cm³/mol. The Balaban J connectivity index is 1.57. The Hall–Kier alpha value is -2.47. The van der Waals surface area contributed by atoms with Crippen molar-refractivity contribution in [3.8, 4) is 12.3 Å². The average Bonchev–Trinajstić information content (AvgIpc) is 3.43. The van der Waals surface area contributed by atoms with Crippen LogP contribution in [0.2, 0.25) is 0 Å². The summed E-state index contributed by atoms with van der Waals surface area (Å²) in [6.07, 6.45) is 10.6. The van der Waals surface area contributed by atoms with Gasteiger partial charge < -0.3 is 19.4 Å². The third-order valence-corrected chi connectivity index (χ3v) is 7.61. The minimum absolute atomic E-state index is 0.0752. The van der Waals surface area contributed by atoms with Crippen LogP contribution in [0.3, 0.4) is 0 Å². The number of fused-ring (bicyclic) bond motifs is 3. The lowest BCUT2D eigenvalue weighted by Crippen LogP contribution is -2.56. The van der Waals surface area contributed by atoms with E-state index >= 15 is 0 Å². The first-order valence-electron chi connectivity index (χ1n) is 12.3. The Morgan fingerprint density at radius 2 is 2.03 bits per heavy atom. The maximum atomic E-state index is 14.7. The Kier molecular flexibility index (Phi) is 6.36. The molecule has 1 spiro atoms. The number of rotatable bonds is 5. The van der Waals surface area contributed by atoms with Gasteiger partial charge in [-0.1, -0.05) is 13.3 Å². The molecule has 1 saturated heterocycles. The van der Waals surface area contributed by atoms with Crippen LogP contribution in [0, 0.1) is 29.9 Å². The average molecular weight is 472 g/mol. The molecule has 2 N–H and O–H groups in total. The molecule has 6 nitrogen and oxygen atoms in total. The van der Waals surface area contributed by atoms with Crippen LogP contribution >= 0.6 is 0 Å². The van der Waals surface area contributed by atoms with Gasteiger partial charge in [0.05, 0.1) is 30.9 Å². The number of unbranched alkanes of at least 4 members (excludes halogenated alkanes) is 1. The molecule has 1 aromatic heterocycles. The van der Waals surface area contributed by atoms with Gasteiger partial charge in [0, 0.05) is 36.4 Å². The quantitative estimate of drug-likeness (QED) is 0.508. The number of hydrogen-bond acceptors (Lipinski definition) is 4. The summed E-state index contributed by atoms with van der Waals surface area (Å²) >= 11 is 0. The van der Waals surface area contributed by atoms with Crippen molar-refractivity contribution in [3.63, 3.8) is 0 Å². The van der Waals surface area contributed by atoms with Crippen LogP contribution in [0.5, 0.6) is 0 Å². The summed E-state index contributed by atoms with van der Waals surface area (Å²) in [4.78, 5) is 18.1. The van der Waals surface area contributed by atoms with Crippen LogP contribution in [0.15, 0.2) is 12.1 Å². The van der Waals surface area contributed by atoms with Crippen LogP contribution in [0.1, 0.15) is 62.7 Å². The van der Waals surface area contributed by atoms with E-state index < -0.39 is 23.3 Å². The molecule has 0 bridgehead atoms. The van der Waals surface area contributed by atoms with Gasteiger partial charge in [-0.15, -0.1) is 6.42 Å². The summed E-state index contributed by atoms with van der Waals surface area (Å²) in [5.74, 6) is 0.195. The number of halogens is 2. The normalized spacial score (nSPS) is 24.5. The Morgan fingerprint density at radius 1 is 1.29 bits per heavy atom. The molecule has 182 valence electrons. The second-order valence-corrected chi connectivity index (χ2v) is 9.60. The number of ether oxygens (including phenoxy) is 2. The number of benzene rings is 1. The van der Waals surface area contributed by atoms with Gasteiger partial charge in [0.15, 0.2) is 5.79 Å². The minimum atomic E-state index is -0.635. The number of H-pyrrole nitrogens is 1. The third kappa shape index (κ3) is 4.00. The maximum Gasteiger partial charge on any atom is 0.300 e. The number of hydrogen-bond donors (Lipinski definition) is 2. The molecule has 3 heterocycles. The van der Waals surface area contributed by atoms with Crippen molar-refractivity contribution in [3.05, 3.63) is 35.0 Å². The molecule has 1 aromatic carbocycles. The Morgan fingerprint density at radius 3 is 2.71 bits per heavy atom. The molecule has 3 aliphatic rings. The fourth-order valence-electron chi connectivity index (χ4n) is 5.99. The van der Waals surface area contributed by atoms with E-state index in [0.29, 0.717) is 25.0 Å². The van der Waals surface area contributed by atoms with Crippen LogP contribution in [0.25, 0.3) is 10.9 Å². The van der Waals surface area contributed by atoms with E-state index in [-0.39, 0.29) is 23.6 Å². The zero-order chi connectivity index (χ0) is 23.9. The second-order valence-electron chi connectivity index (χ2n) is 9.60.